The van der Waals surface area contributed by atoms with E-state index in [4.69, 9.17) is 5.73 Å². The molecule has 0 unspecified atom stereocenters. The highest BCUT2D eigenvalue weighted by atomic mass is 32.1. The van der Waals surface area contributed by atoms with Gasteiger partial charge in [0.05, 0.1) is 12.6 Å². The smallest absolute Gasteiger partial charge is 0.191 e. The Morgan fingerprint density at radius 3 is 2.83 bits per heavy atom. The molecule has 3 N–H and O–H groups in total. The number of benzene rings is 1. The molecule has 6 nitrogen and oxygen atoms in total. The number of aliphatic imine (C=N–C) groups is 1. The number of nitrogens with two attached hydrogens (primary N) is 1. The number of nitrogens with zero attached hydrogens (tertiary/aromatic N) is 4. The van der Waals surface area contributed by atoms with Crippen LogP contribution in [0.25, 0.3) is 0 Å². The van der Waals surface area contributed by atoms with E-state index in [1.165, 1.54) is 12.1 Å². The number of halogens is 1. The second-order valence-corrected chi connectivity index (χ2v) is 6.43. The summed E-state index contributed by atoms with van der Waals surface area (Å²) in [6, 6.07) is 5.89. The first-order valence-corrected chi connectivity index (χ1v) is 8.64. The molecule has 3 rings (SSSR count). The SMILES string of the molecule is NC(=NC[C@H](O)c1cccc(F)c1)N1CCN(c2nccs2)CC1. The molecule has 1 aliphatic heterocycles. The van der Waals surface area contributed by atoms with Gasteiger partial charge >= 0.3 is 0 Å². The van der Waals surface area contributed by atoms with Crippen LogP contribution in [0.5, 0.6) is 0 Å². The van der Waals surface area contributed by atoms with Gasteiger partial charge in [0, 0.05) is 37.8 Å². The molecule has 0 saturated carbocycles. The predicted octanol–water partition coefficient (Wildman–Crippen LogP) is 1.45. The van der Waals surface area contributed by atoms with Crippen LogP contribution >= 0.6 is 11.3 Å². The molecule has 24 heavy (non-hydrogen) atoms. The van der Waals surface area contributed by atoms with E-state index in [9.17, 15) is 9.50 Å². The van der Waals surface area contributed by atoms with Crippen molar-refractivity contribution in [3.8, 4) is 0 Å². The standard InChI is InChI=1S/C16H20FN5OS/c17-13-3-1-2-12(10-13)14(23)11-20-15(18)21-5-7-22(8-6-21)16-19-4-9-24-16/h1-4,9-10,14,23H,5-8,11H2,(H2,18,20)/t14-/m0/s1. The van der Waals surface area contributed by atoms with E-state index in [2.05, 4.69) is 14.9 Å². The third kappa shape index (κ3) is 4.01. The number of rotatable bonds is 4. The van der Waals surface area contributed by atoms with E-state index in [0.717, 1.165) is 31.3 Å². The van der Waals surface area contributed by atoms with Crippen molar-refractivity contribution in [1.29, 1.82) is 0 Å². The normalized spacial score (nSPS) is 17.2. The van der Waals surface area contributed by atoms with E-state index in [-0.39, 0.29) is 12.4 Å². The lowest BCUT2D eigenvalue weighted by Crippen LogP contribution is -2.51. The van der Waals surface area contributed by atoms with Gasteiger partial charge in [-0.25, -0.2) is 9.37 Å². The third-order valence-corrected chi connectivity index (χ3v) is 4.79. The van der Waals surface area contributed by atoms with Crippen LogP contribution in [0, 0.1) is 5.82 Å². The molecule has 0 bridgehead atoms. The predicted molar refractivity (Wildman–Crippen MR) is 93.7 cm³/mol. The summed E-state index contributed by atoms with van der Waals surface area (Å²) < 4.78 is 13.2. The topological polar surface area (TPSA) is 78.0 Å². The van der Waals surface area contributed by atoms with Crippen LogP contribution in [-0.4, -0.2) is 53.7 Å². The summed E-state index contributed by atoms with van der Waals surface area (Å²) >= 11 is 1.62. The van der Waals surface area contributed by atoms with E-state index in [0.29, 0.717) is 11.5 Å². The van der Waals surface area contributed by atoms with Crippen LogP contribution in [0.3, 0.4) is 0 Å². The van der Waals surface area contributed by atoms with Gasteiger partial charge in [-0.15, -0.1) is 11.3 Å². The molecule has 1 aromatic carbocycles. The molecule has 1 saturated heterocycles. The Morgan fingerprint density at radius 1 is 1.38 bits per heavy atom. The Kier molecular flexibility index (Phi) is 5.27. The molecule has 0 aliphatic carbocycles. The molecule has 1 aliphatic rings. The van der Waals surface area contributed by atoms with Gasteiger partial charge in [0.25, 0.3) is 0 Å². The summed E-state index contributed by atoms with van der Waals surface area (Å²) in [4.78, 5) is 12.8. The molecule has 0 spiro atoms. The van der Waals surface area contributed by atoms with Crippen LogP contribution in [0.1, 0.15) is 11.7 Å². The van der Waals surface area contributed by atoms with E-state index in [1.54, 1.807) is 29.7 Å². The van der Waals surface area contributed by atoms with Gasteiger partial charge in [-0.1, -0.05) is 12.1 Å². The molecule has 1 aromatic heterocycles. The lowest BCUT2D eigenvalue weighted by Gasteiger charge is -2.35. The highest BCUT2D eigenvalue weighted by molar-refractivity contribution is 7.13. The van der Waals surface area contributed by atoms with Gasteiger partial charge in [0.2, 0.25) is 0 Å². The first-order valence-electron chi connectivity index (χ1n) is 7.76. The van der Waals surface area contributed by atoms with Crippen LogP contribution in [-0.2, 0) is 0 Å². The van der Waals surface area contributed by atoms with Gasteiger partial charge in [-0.3, -0.25) is 4.99 Å². The number of aliphatic hydroxyl groups excluding tert-OH is 1. The number of piperazine rings is 1. The summed E-state index contributed by atoms with van der Waals surface area (Å²) in [6.45, 7) is 3.28. The molecule has 0 radical (unpaired) electrons. The minimum absolute atomic E-state index is 0.113. The molecule has 128 valence electrons. The lowest BCUT2D eigenvalue weighted by atomic mass is 10.1. The van der Waals surface area contributed by atoms with Crippen molar-refractivity contribution in [3.05, 3.63) is 47.2 Å². The molecule has 1 atom stereocenters. The maximum atomic E-state index is 13.2. The van der Waals surface area contributed by atoms with Gasteiger partial charge in [0.1, 0.15) is 5.82 Å². The monoisotopic (exact) mass is 349 g/mol. The van der Waals surface area contributed by atoms with Crippen molar-refractivity contribution >= 4 is 22.4 Å². The highest BCUT2D eigenvalue weighted by Crippen LogP contribution is 2.19. The fourth-order valence-electron chi connectivity index (χ4n) is 2.60. The summed E-state index contributed by atoms with van der Waals surface area (Å²) in [6.07, 6.45) is 0.937. The average Bonchev–Trinajstić information content (AvgIpc) is 3.14. The fraction of sp³-hybridized carbons (Fsp3) is 0.375. The largest absolute Gasteiger partial charge is 0.386 e. The van der Waals surface area contributed by atoms with Crippen LogP contribution < -0.4 is 10.6 Å². The summed E-state index contributed by atoms with van der Waals surface area (Å²) in [7, 11) is 0. The lowest BCUT2D eigenvalue weighted by molar-refractivity contribution is 0.186. The van der Waals surface area contributed by atoms with Gasteiger partial charge in [0.15, 0.2) is 11.1 Å². The minimum Gasteiger partial charge on any atom is -0.386 e. The fourth-order valence-corrected chi connectivity index (χ4v) is 3.29. The van der Waals surface area contributed by atoms with Gasteiger partial charge < -0.3 is 20.6 Å². The number of aromatic nitrogens is 1. The van der Waals surface area contributed by atoms with Gasteiger partial charge in [-0.2, -0.15) is 0 Å². The summed E-state index contributed by atoms with van der Waals surface area (Å²) in [5.74, 6) is 0.0334. The van der Waals surface area contributed by atoms with Crippen molar-refractivity contribution in [1.82, 2.24) is 9.88 Å². The van der Waals surface area contributed by atoms with Crippen LogP contribution in [0.2, 0.25) is 0 Å². The second kappa shape index (κ2) is 7.59. The van der Waals surface area contributed by atoms with Crippen molar-refractivity contribution in [2.75, 3.05) is 37.6 Å². The zero-order valence-electron chi connectivity index (χ0n) is 13.2. The Balaban J connectivity index is 1.53. The Hall–Kier alpha value is -2.19. The number of thiazole rings is 1. The Labute approximate surface area is 144 Å². The number of hydrogen-bond donors (Lipinski definition) is 2. The number of hydrogen-bond acceptors (Lipinski definition) is 5. The zero-order chi connectivity index (χ0) is 16.9. The average molecular weight is 349 g/mol. The third-order valence-electron chi connectivity index (χ3n) is 3.95. The Bertz CT molecular complexity index is 686. The molecule has 0 amide bonds. The van der Waals surface area contributed by atoms with E-state index in [1.807, 2.05) is 10.3 Å². The second-order valence-electron chi connectivity index (χ2n) is 5.56. The maximum Gasteiger partial charge on any atom is 0.191 e. The van der Waals surface area contributed by atoms with Crippen LogP contribution in [0.4, 0.5) is 9.52 Å². The molecule has 1 fully saturated rings. The molecular weight excluding hydrogens is 329 g/mol. The highest BCUT2D eigenvalue weighted by Gasteiger charge is 2.20. The van der Waals surface area contributed by atoms with Crippen LogP contribution in [0.15, 0.2) is 40.8 Å². The molecular formula is C16H20FN5OS. The van der Waals surface area contributed by atoms with Crippen molar-refractivity contribution in [3.63, 3.8) is 0 Å². The van der Waals surface area contributed by atoms with E-state index >= 15 is 0 Å². The molecule has 2 aromatic rings. The number of anilines is 1. The Morgan fingerprint density at radius 2 is 2.17 bits per heavy atom. The maximum absolute atomic E-state index is 13.2. The van der Waals surface area contributed by atoms with Crippen molar-refractivity contribution < 1.29 is 9.50 Å². The van der Waals surface area contributed by atoms with E-state index < -0.39 is 6.10 Å². The molecule has 8 heteroatoms. The molecule has 2 heterocycles. The zero-order valence-corrected chi connectivity index (χ0v) is 14.0. The summed E-state index contributed by atoms with van der Waals surface area (Å²) in [5, 5.41) is 13.1. The first kappa shape index (κ1) is 16.7. The quantitative estimate of drug-likeness (QED) is 0.645. The van der Waals surface area contributed by atoms with Crippen molar-refractivity contribution in [2.45, 2.75) is 6.10 Å². The minimum atomic E-state index is -0.865. The van der Waals surface area contributed by atoms with Gasteiger partial charge in [-0.05, 0) is 17.7 Å². The summed E-state index contributed by atoms with van der Waals surface area (Å²) in [5.41, 5.74) is 6.53. The van der Waals surface area contributed by atoms with Crippen molar-refractivity contribution in [2.24, 2.45) is 10.7 Å². The number of aliphatic hydroxyl groups is 1. The first-order chi connectivity index (χ1) is 11.6. The number of guanidine groups is 1.